The van der Waals surface area contributed by atoms with Crippen LogP contribution in [0.3, 0.4) is 0 Å². The number of carbonyl (C=O) groups is 2. The normalized spacial score (nSPS) is 16.5. The topological polar surface area (TPSA) is 79.7 Å². The van der Waals surface area contributed by atoms with Gasteiger partial charge in [0, 0.05) is 6.54 Å². The molecule has 1 aromatic heterocycles. The number of aryl methyl sites for hydroxylation is 2. The molecule has 31 heavy (non-hydrogen) atoms. The van der Waals surface area contributed by atoms with Gasteiger partial charge >= 0.3 is 0 Å². The molecule has 6 nitrogen and oxygen atoms in total. The van der Waals surface area contributed by atoms with Gasteiger partial charge in [-0.2, -0.15) is 0 Å². The SMILES string of the molecule is CCCCCN1C(=O)C(O)=C(C(=O)c2sc(C)nc2C)C1c1ccc(OC(C)C)cc1. The maximum Gasteiger partial charge on any atom is 0.290 e. The number of aliphatic hydroxyl groups is 1. The fourth-order valence-corrected chi connectivity index (χ4v) is 4.73. The van der Waals surface area contributed by atoms with Crippen LogP contribution in [-0.2, 0) is 4.79 Å². The summed E-state index contributed by atoms with van der Waals surface area (Å²) in [7, 11) is 0. The Bertz CT molecular complexity index is 992. The van der Waals surface area contributed by atoms with Gasteiger partial charge in [0.15, 0.2) is 5.76 Å². The molecule has 1 unspecified atom stereocenters. The van der Waals surface area contributed by atoms with Gasteiger partial charge in [-0.1, -0.05) is 31.9 Å². The number of rotatable bonds is 9. The fourth-order valence-electron chi connectivity index (χ4n) is 3.86. The zero-order valence-corrected chi connectivity index (χ0v) is 19.6. The zero-order chi connectivity index (χ0) is 22.7. The van der Waals surface area contributed by atoms with Crippen LogP contribution in [0.1, 0.15) is 72.0 Å². The molecular formula is C24H30N2O4S. The average Bonchev–Trinajstić information content (AvgIpc) is 3.18. The second kappa shape index (κ2) is 9.64. The predicted molar refractivity (Wildman–Crippen MR) is 122 cm³/mol. The van der Waals surface area contributed by atoms with Crippen molar-refractivity contribution in [2.75, 3.05) is 6.54 Å². The summed E-state index contributed by atoms with van der Waals surface area (Å²) < 4.78 is 5.73. The summed E-state index contributed by atoms with van der Waals surface area (Å²) in [6.07, 6.45) is 2.83. The lowest BCUT2D eigenvalue weighted by Crippen LogP contribution is -2.32. The Kier molecular flexibility index (Phi) is 7.15. The third-order valence-corrected chi connectivity index (χ3v) is 6.30. The second-order valence-electron chi connectivity index (χ2n) is 8.08. The van der Waals surface area contributed by atoms with Crippen molar-refractivity contribution in [2.24, 2.45) is 0 Å². The lowest BCUT2D eigenvalue weighted by molar-refractivity contribution is -0.129. The van der Waals surface area contributed by atoms with Gasteiger partial charge in [0.1, 0.15) is 5.75 Å². The molecule has 166 valence electrons. The summed E-state index contributed by atoms with van der Waals surface area (Å²) in [5, 5.41) is 11.5. The molecule has 1 aromatic carbocycles. The quantitative estimate of drug-likeness (QED) is 0.420. The molecule has 1 aliphatic heterocycles. The summed E-state index contributed by atoms with van der Waals surface area (Å²) in [5.41, 5.74) is 1.52. The van der Waals surface area contributed by atoms with Crippen molar-refractivity contribution in [2.45, 2.75) is 66.0 Å². The second-order valence-corrected chi connectivity index (χ2v) is 9.29. The van der Waals surface area contributed by atoms with Crippen molar-refractivity contribution in [3.05, 3.63) is 56.7 Å². The van der Waals surface area contributed by atoms with Crippen LogP contribution in [0.15, 0.2) is 35.6 Å². The number of Topliss-reactive ketones (excluding diaryl/α,β-unsaturated/α-hetero) is 1. The third kappa shape index (κ3) is 4.82. The summed E-state index contributed by atoms with van der Waals surface area (Å²) in [5.74, 6) is -0.569. The van der Waals surface area contributed by atoms with Crippen LogP contribution in [0.25, 0.3) is 0 Å². The van der Waals surface area contributed by atoms with Crippen molar-refractivity contribution in [3.8, 4) is 5.75 Å². The van der Waals surface area contributed by atoms with Crippen molar-refractivity contribution in [3.63, 3.8) is 0 Å². The van der Waals surface area contributed by atoms with Gasteiger partial charge in [-0.3, -0.25) is 9.59 Å². The van der Waals surface area contributed by atoms with Gasteiger partial charge in [-0.25, -0.2) is 4.98 Å². The molecule has 2 aromatic rings. The van der Waals surface area contributed by atoms with Crippen LogP contribution < -0.4 is 4.74 Å². The zero-order valence-electron chi connectivity index (χ0n) is 18.8. The van der Waals surface area contributed by atoms with Crippen LogP contribution in [0.2, 0.25) is 0 Å². The first-order chi connectivity index (χ1) is 14.7. The van der Waals surface area contributed by atoms with E-state index >= 15 is 0 Å². The first-order valence-electron chi connectivity index (χ1n) is 10.7. The van der Waals surface area contributed by atoms with Crippen molar-refractivity contribution in [1.29, 1.82) is 0 Å². The summed E-state index contributed by atoms with van der Waals surface area (Å²) in [4.78, 5) is 32.8. The van der Waals surface area contributed by atoms with Crippen molar-refractivity contribution < 1.29 is 19.4 Å². The Balaban J connectivity index is 2.02. The lowest BCUT2D eigenvalue weighted by Gasteiger charge is -2.27. The predicted octanol–water partition coefficient (Wildman–Crippen LogP) is 5.32. The molecular weight excluding hydrogens is 412 g/mol. The van der Waals surface area contributed by atoms with E-state index in [9.17, 15) is 14.7 Å². The maximum atomic E-state index is 13.5. The van der Waals surface area contributed by atoms with Crippen molar-refractivity contribution in [1.82, 2.24) is 9.88 Å². The van der Waals surface area contributed by atoms with Crippen LogP contribution in [0.4, 0.5) is 0 Å². The number of unbranched alkanes of at least 4 members (excludes halogenated alkanes) is 2. The molecule has 1 amide bonds. The highest BCUT2D eigenvalue weighted by Crippen LogP contribution is 2.40. The molecule has 7 heteroatoms. The number of ketones is 1. The Hall–Kier alpha value is -2.67. The molecule has 0 aliphatic carbocycles. The van der Waals surface area contributed by atoms with Gasteiger partial charge in [-0.15, -0.1) is 11.3 Å². The first kappa shape index (κ1) is 23.0. The lowest BCUT2D eigenvalue weighted by atomic mass is 9.95. The maximum absolute atomic E-state index is 13.5. The largest absolute Gasteiger partial charge is 0.503 e. The number of hydrogen-bond donors (Lipinski definition) is 1. The smallest absolute Gasteiger partial charge is 0.290 e. The number of thiazole rings is 1. The molecule has 0 saturated heterocycles. The van der Waals surface area contributed by atoms with Crippen LogP contribution >= 0.6 is 11.3 Å². The number of ether oxygens (including phenoxy) is 1. The van der Waals surface area contributed by atoms with Gasteiger partial charge in [0.25, 0.3) is 5.91 Å². The van der Waals surface area contributed by atoms with Crippen LogP contribution in [-0.4, -0.2) is 39.3 Å². The fraction of sp³-hybridized carbons (Fsp3) is 0.458. The van der Waals surface area contributed by atoms with E-state index in [1.807, 2.05) is 45.0 Å². The van der Waals surface area contributed by atoms with E-state index in [0.717, 1.165) is 35.6 Å². The minimum absolute atomic E-state index is 0.0445. The first-order valence-corrected chi connectivity index (χ1v) is 11.6. The minimum atomic E-state index is -0.633. The molecule has 1 aliphatic rings. The summed E-state index contributed by atoms with van der Waals surface area (Å²) >= 11 is 1.29. The van der Waals surface area contributed by atoms with E-state index in [1.54, 1.807) is 11.8 Å². The van der Waals surface area contributed by atoms with Gasteiger partial charge < -0.3 is 14.7 Å². The Morgan fingerprint density at radius 3 is 2.45 bits per heavy atom. The molecule has 2 heterocycles. The van der Waals surface area contributed by atoms with Crippen LogP contribution in [0, 0.1) is 13.8 Å². The number of benzene rings is 1. The van der Waals surface area contributed by atoms with E-state index < -0.39 is 17.7 Å². The van der Waals surface area contributed by atoms with Gasteiger partial charge in [0.05, 0.1) is 33.3 Å². The van der Waals surface area contributed by atoms with Gasteiger partial charge in [-0.05, 0) is 51.8 Å². The number of aliphatic hydroxyl groups excluding tert-OH is 1. The highest BCUT2D eigenvalue weighted by molar-refractivity contribution is 7.14. The highest BCUT2D eigenvalue weighted by Gasteiger charge is 2.44. The number of hydrogen-bond acceptors (Lipinski definition) is 6. The minimum Gasteiger partial charge on any atom is -0.503 e. The van der Waals surface area contributed by atoms with Crippen LogP contribution in [0.5, 0.6) is 5.75 Å². The molecule has 3 rings (SSSR count). The van der Waals surface area contributed by atoms with E-state index in [4.69, 9.17) is 4.74 Å². The molecule has 1 N–H and O–H groups in total. The Morgan fingerprint density at radius 2 is 1.90 bits per heavy atom. The standard InChI is InChI=1S/C24H30N2O4S/c1-6-7-8-13-26-20(17-9-11-18(12-10-17)30-14(2)3)19(22(28)24(26)29)21(27)23-15(4)25-16(5)31-23/h9-12,14,20,28H,6-8,13H2,1-5H3. The molecule has 0 saturated carbocycles. The number of carbonyl (C=O) groups excluding carboxylic acids is 2. The summed E-state index contributed by atoms with van der Waals surface area (Å²) in [6.45, 7) is 10.1. The molecule has 0 radical (unpaired) electrons. The molecule has 0 bridgehead atoms. The molecule has 1 atom stereocenters. The molecule has 0 fully saturated rings. The van der Waals surface area contributed by atoms with E-state index in [-0.39, 0.29) is 17.5 Å². The van der Waals surface area contributed by atoms with E-state index in [0.29, 0.717) is 17.1 Å². The average molecular weight is 443 g/mol. The van der Waals surface area contributed by atoms with Crippen molar-refractivity contribution >= 4 is 23.0 Å². The number of amides is 1. The number of nitrogens with zero attached hydrogens (tertiary/aromatic N) is 2. The monoisotopic (exact) mass is 442 g/mol. The molecule has 0 spiro atoms. The Morgan fingerprint density at radius 1 is 1.23 bits per heavy atom. The number of aromatic nitrogens is 1. The van der Waals surface area contributed by atoms with E-state index in [1.165, 1.54) is 11.3 Å². The van der Waals surface area contributed by atoms with Gasteiger partial charge in [0.2, 0.25) is 5.78 Å². The highest BCUT2D eigenvalue weighted by atomic mass is 32.1. The van der Waals surface area contributed by atoms with E-state index in [2.05, 4.69) is 11.9 Å². The Labute approximate surface area is 187 Å². The third-order valence-electron chi connectivity index (χ3n) is 5.23. The summed E-state index contributed by atoms with van der Waals surface area (Å²) in [6, 6.07) is 6.76.